The van der Waals surface area contributed by atoms with Crippen molar-refractivity contribution >= 4 is 21.7 Å². The largest absolute Gasteiger partial charge is 0.493 e. The van der Waals surface area contributed by atoms with Gasteiger partial charge in [-0.25, -0.2) is 9.78 Å². The summed E-state index contributed by atoms with van der Waals surface area (Å²) in [5.74, 6) is -0.952. The third-order valence-electron chi connectivity index (χ3n) is 2.95. The number of ether oxygens (including phenoxy) is 2. The van der Waals surface area contributed by atoms with Crippen molar-refractivity contribution in [3.8, 4) is 11.5 Å². The summed E-state index contributed by atoms with van der Waals surface area (Å²) in [6, 6.07) is 2.42. The number of rotatable bonds is 6. The molecule has 124 valence electrons. The van der Waals surface area contributed by atoms with Gasteiger partial charge in [0.15, 0.2) is 16.5 Å². The van der Waals surface area contributed by atoms with Crippen molar-refractivity contribution in [2.75, 3.05) is 18.9 Å². The Morgan fingerprint density at radius 3 is 2.35 bits per heavy atom. The number of methoxy groups -OCH3 is 2. The SMILES string of the molecule is COc1cc(NS(=O)(=O)c2cn(C)cn2)c(C(=O)O)cc1OC. The van der Waals surface area contributed by atoms with E-state index in [1.54, 1.807) is 7.05 Å². The molecule has 1 heterocycles. The van der Waals surface area contributed by atoms with Gasteiger partial charge in [-0.3, -0.25) is 4.72 Å². The quantitative estimate of drug-likeness (QED) is 0.802. The van der Waals surface area contributed by atoms with Gasteiger partial charge < -0.3 is 19.1 Å². The summed E-state index contributed by atoms with van der Waals surface area (Å²) in [6.45, 7) is 0. The smallest absolute Gasteiger partial charge is 0.337 e. The van der Waals surface area contributed by atoms with Gasteiger partial charge in [-0.2, -0.15) is 8.42 Å². The van der Waals surface area contributed by atoms with Gasteiger partial charge >= 0.3 is 5.97 Å². The molecule has 0 unspecified atom stereocenters. The molecule has 10 heteroatoms. The number of nitrogens with zero attached hydrogens (tertiary/aromatic N) is 2. The van der Waals surface area contributed by atoms with Crippen LogP contribution in [0.1, 0.15) is 10.4 Å². The van der Waals surface area contributed by atoms with Gasteiger partial charge in [0.25, 0.3) is 10.0 Å². The van der Waals surface area contributed by atoms with Gasteiger partial charge in [0.1, 0.15) is 0 Å². The molecule has 0 radical (unpaired) electrons. The topological polar surface area (TPSA) is 120 Å². The number of carbonyl (C=O) groups is 1. The lowest BCUT2D eigenvalue weighted by Crippen LogP contribution is -2.16. The number of hydrogen-bond donors (Lipinski definition) is 2. The maximum Gasteiger partial charge on any atom is 0.337 e. The van der Waals surface area contributed by atoms with Crippen LogP contribution in [-0.2, 0) is 17.1 Å². The summed E-state index contributed by atoms with van der Waals surface area (Å²) in [5.41, 5.74) is -0.428. The zero-order chi connectivity index (χ0) is 17.2. The zero-order valence-corrected chi connectivity index (χ0v) is 13.4. The minimum absolute atomic E-state index is 0.152. The lowest BCUT2D eigenvalue weighted by molar-refractivity contribution is 0.0697. The molecule has 0 aliphatic carbocycles. The number of anilines is 1. The summed E-state index contributed by atoms with van der Waals surface area (Å²) >= 11 is 0. The van der Waals surface area contributed by atoms with Crippen molar-refractivity contribution < 1.29 is 27.8 Å². The summed E-state index contributed by atoms with van der Waals surface area (Å²) in [4.78, 5) is 15.1. The minimum Gasteiger partial charge on any atom is -0.493 e. The fourth-order valence-electron chi connectivity index (χ4n) is 1.87. The van der Waals surface area contributed by atoms with E-state index in [1.807, 2.05) is 0 Å². The van der Waals surface area contributed by atoms with E-state index in [9.17, 15) is 18.3 Å². The van der Waals surface area contributed by atoms with E-state index in [1.165, 1.54) is 43.4 Å². The van der Waals surface area contributed by atoms with Crippen molar-refractivity contribution in [1.29, 1.82) is 0 Å². The predicted molar refractivity (Wildman–Crippen MR) is 80.5 cm³/mol. The summed E-state index contributed by atoms with van der Waals surface area (Å²) in [6.07, 6.45) is 2.62. The van der Waals surface area contributed by atoms with Crippen LogP contribution >= 0.6 is 0 Å². The summed E-state index contributed by atoms with van der Waals surface area (Å²) < 4.78 is 38.3. The third-order valence-corrected chi connectivity index (χ3v) is 4.21. The molecule has 23 heavy (non-hydrogen) atoms. The molecule has 2 N–H and O–H groups in total. The predicted octanol–water partition coefficient (Wildman–Crippen LogP) is 0.936. The molecular weight excluding hydrogens is 326 g/mol. The fraction of sp³-hybridized carbons (Fsp3) is 0.231. The molecule has 0 aliphatic heterocycles. The zero-order valence-electron chi connectivity index (χ0n) is 12.6. The second kappa shape index (κ2) is 6.16. The lowest BCUT2D eigenvalue weighted by atomic mass is 10.1. The Hall–Kier alpha value is -2.75. The molecular formula is C13H15N3O6S. The van der Waals surface area contributed by atoms with E-state index in [0.29, 0.717) is 0 Å². The van der Waals surface area contributed by atoms with Crippen LogP contribution in [-0.4, -0.2) is 43.3 Å². The molecule has 0 amide bonds. The van der Waals surface area contributed by atoms with E-state index in [2.05, 4.69) is 9.71 Å². The normalized spacial score (nSPS) is 11.1. The van der Waals surface area contributed by atoms with Crippen LogP contribution in [0.4, 0.5) is 5.69 Å². The van der Waals surface area contributed by atoms with E-state index in [0.717, 1.165) is 0 Å². The number of aryl methyl sites for hydroxylation is 1. The number of carboxylic acid groups (broad SMARTS) is 1. The Kier molecular flexibility index (Phi) is 4.45. The Balaban J connectivity index is 2.52. The highest BCUT2D eigenvalue weighted by Gasteiger charge is 2.23. The highest BCUT2D eigenvalue weighted by Crippen LogP contribution is 2.34. The van der Waals surface area contributed by atoms with Gasteiger partial charge in [-0.05, 0) is 0 Å². The average molecular weight is 341 g/mol. The second-order valence-electron chi connectivity index (χ2n) is 4.54. The minimum atomic E-state index is -4.03. The maximum absolute atomic E-state index is 12.3. The van der Waals surface area contributed by atoms with Crippen molar-refractivity contribution in [3.63, 3.8) is 0 Å². The molecule has 0 atom stereocenters. The monoisotopic (exact) mass is 341 g/mol. The fourth-order valence-corrected chi connectivity index (χ4v) is 2.92. The number of hydrogen-bond acceptors (Lipinski definition) is 6. The Morgan fingerprint density at radius 1 is 1.26 bits per heavy atom. The van der Waals surface area contributed by atoms with Gasteiger partial charge in [-0.1, -0.05) is 0 Å². The standard InChI is InChI=1S/C13H15N3O6S/c1-16-6-12(14-7-16)23(19,20)15-9-5-11(22-3)10(21-2)4-8(9)13(17)18/h4-7,15H,1-3H3,(H,17,18). The van der Waals surface area contributed by atoms with Crippen molar-refractivity contribution in [1.82, 2.24) is 9.55 Å². The molecule has 2 rings (SSSR count). The number of nitrogens with one attached hydrogen (secondary N) is 1. The number of carboxylic acids is 1. The first-order valence-corrected chi connectivity index (χ1v) is 7.77. The number of sulfonamides is 1. The van der Waals surface area contributed by atoms with Crippen LogP contribution in [0, 0.1) is 0 Å². The lowest BCUT2D eigenvalue weighted by Gasteiger charge is -2.13. The Labute approximate surface area is 132 Å². The van der Waals surface area contributed by atoms with Crippen LogP contribution in [0.2, 0.25) is 0 Å². The van der Waals surface area contributed by atoms with Gasteiger partial charge in [-0.15, -0.1) is 0 Å². The first kappa shape index (κ1) is 16.6. The van der Waals surface area contributed by atoms with E-state index in [4.69, 9.17) is 9.47 Å². The summed E-state index contributed by atoms with van der Waals surface area (Å²) in [5, 5.41) is 9.04. The first-order valence-electron chi connectivity index (χ1n) is 6.28. The Bertz CT molecular complexity index is 843. The maximum atomic E-state index is 12.3. The van der Waals surface area contributed by atoms with Gasteiger partial charge in [0.05, 0.1) is 31.8 Å². The molecule has 1 aromatic heterocycles. The van der Waals surface area contributed by atoms with Crippen molar-refractivity contribution in [2.24, 2.45) is 7.05 Å². The molecule has 9 nitrogen and oxygen atoms in total. The number of aromatic nitrogens is 2. The summed E-state index contributed by atoms with van der Waals surface area (Å²) in [7, 11) is 0.286. The number of imidazole rings is 1. The molecule has 0 fully saturated rings. The third kappa shape index (κ3) is 3.37. The van der Waals surface area contributed by atoms with Crippen LogP contribution in [0.3, 0.4) is 0 Å². The Morgan fingerprint density at radius 2 is 1.87 bits per heavy atom. The number of aromatic carboxylic acids is 1. The molecule has 1 aromatic carbocycles. The van der Waals surface area contributed by atoms with E-state index >= 15 is 0 Å². The highest BCUT2D eigenvalue weighted by atomic mass is 32.2. The van der Waals surface area contributed by atoms with Gasteiger partial charge in [0.2, 0.25) is 0 Å². The van der Waals surface area contributed by atoms with Crippen LogP contribution in [0.15, 0.2) is 29.7 Å². The van der Waals surface area contributed by atoms with Crippen LogP contribution in [0.25, 0.3) is 0 Å². The van der Waals surface area contributed by atoms with Crippen molar-refractivity contribution in [3.05, 3.63) is 30.2 Å². The molecule has 2 aromatic rings. The highest BCUT2D eigenvalue weighted by molar-refractivity contribution is 7.92. The average Bonchev–Trinajstić information content (AvgIpc) is 2.93. The number of benzene rings is 1. The van der Waals surface area contributed by atoms with Crippen LogP contribution in [0.5, 0.6) is 11.5 Å². The van der Waals surface area contributed by atoms with E-state index < -0.39 is 16.0 Å². The molecule has 0 saturated carbocycles. The molecule has 0 aliphatic rings. The molecule has 0 bridgehead atoms. The molecule has 0 spiro atoms. The van der Waals surface area contributed by atoms with Gasteiger partial charge in [0, 0.05) is 25.4 Å². The second-order valence-corrected chi connectivity index (χ2v) is 6.17. The molecule has 0 saturated heterocycles. The van der Waals surface area contributed by atoms with Crippen molar-refractivity contribution in [2.45, 2.75) is 5.03 Å². The van der Waals surface area contributed by atoms with Crippen LogP contribution < -0.4 is 14.2 Å². The first-order chi connectivity index (χ1) is 10.8. The van der Waals surface area contributed by atoms with E-state index in [-0.39, 0.29) is 27.8 Å².